The summed E-state index contributed by atoms with van der Waals surface area (Å²) in [4.78, 5) is 20.6. The monoisotopic (exact) mass is 753 g/mol. The summed E-state index contributed by atoms with van der Waals surface area (Å²) in [5.41, 5.74) is 17.4. The Bertz CT molecular complexity index is 3180. The van der Waals surface area contributed by atoms with Crippen LogP contribution in [0.4, 0.5) is 0 Å². The smallest absolute Gasteiger partial charge is 0.160 e. The van der Waals surface area contributed by atoms with Gasteiger partial charge in [0.1, 0.15) is 11.2 Å². The molecular formula is C54H35N5. The van der Waals surface area contributed by atoms with E-state index in [0.717, 1.165) is 83.6 Å². The Morgan fingerprint density at radius 3 is 1.53 bits per heavy atom. The van der Waals surface area contributed by atoms with Crippen LogP contribution >= 0.6 is 0 Å². The van der Waals surface area contributed by atoms with Crippen LogP contribution in [0.15, 0.2) is 212 Å². The molecular weight excluding hydrogens is 719 g/mol. The summed E-state index contributed by atoms with van der Waals surface area (Å²) < 4.78 is 2.14. The van der Waals surface area contributed by atoms with Crippen molar-refractivity contribution in [3.05, 3.63) is 212 Å². The lowest BCUT2D eigenvalue weighted by atomic mass is 9.98. The Balaban J connectivity index is 0.976. The van der Waals surface area contributed by atoms with E-state index in [1.807, 2.05) is 42.5 Å². The van der Waals surface area contributed by atoms with Crippen molar-refractivity contribution in [1.29, 1.82) is 0 Å². The van der Waals surface area contributed by atoms with Gasteiger partial charge in [-0.3, -0.25) is 4.40 Å². The van der Waals surface area contributed by atoms with E-state index in [0.29, 0.717) is 5.82 Å². The van der Waals surface area contributed by atoms with Crippen molar-refractivity contribution >= 4 is 27.6 Å². The number of imidazole rings is 1. The molecule has 0 spiro atoms. The van der Waals surface area contributed by atoms with Crippen molar-refractivity contribution in [3.8, 4) is 78.5 Å². The van der Waals surface area contributed by atoms with Crippen LogP contribution in [0, 0.1) is 0 Å². The minimum atomic E-state index is 0.681. The fourth-order valence-electron chi connectivity index (χ4n) is 8.01. The summed E-state index contributed by atoms with van der Waals surface area (Å²) in [6, 6.07) is 71.8. The van der Waals surface area contributed by atoms with Gasteiger partial charge in [0.05, 0.1) is 28.1 Å². The summed E-state index contributed by atoms with van der Waals surface area (Å²) >= 11 is 0. The number of aromatic nitrogens is 5. The maximum absolute atomic E-state index is 5.20. The van der Waals surface area contributed by atoms with E-state index in [9.17, 15) is 0 Å². The molecule has 5 heteroatoms. The summed E-state index contributed by atoms with van der Waals surface area (Å²) in [5, 5.41) is 1.05. The first-order valence-corrected chi connectivity index (χ1v) is 19.8. The number of pyridine rings is 2. The molecule has 11 aromatic rings. The van der Waals surface area contributed by atoms with E-state index in [4.69, 9.17) is 19.9 Å². The predicted molar refractivity (Wildman–Crippen MR) is 242 cm³/mol. The largest absolute Gasteiger partial charge is 0.298 e. The minimum absolute atomic E-state index is 0.681. The molecule has 0 amide bonds. The van der Waals surface area contributed by atoms with Gasteiger partial charge in [-0.15, -0.1) is 0 Å². The Hall–Kier alpha value is -8.02. The van der Waals surface area contributed by atoms with Gasteiger partial charge in [0, 0.05) is 33.8 Å². The van der Waals surface area contributed by atoms with E-state index in [-0.39, 0.29) is 0 Å². The average molecular weight is 754 g/mol. The highest BCUT2D eigenvalue weighted by Gasteiger charge is 2.17. The van der Waals surface area contributed by atoms with Crippen LogP contribution < -0.4 is 0 Å². The van der Waals surface area contributed by atoms with Gasteiger partial charge in [0.15, 0.2) is 5.82 Å². The zero-order valence-electron chi connectivity index (χ0n) is 31.9. The number of rotatable bonds is 7. The van der Waals surface area contributed by atoms with Gasteiger partial charge >= 0.3 is 0 Å². The molecule has 0 radical (unpaired) electrons. The lowest BCUT2D eigenvalue weighted by molar-refractivity contribution is 1.18. The second kappa shape index (κ2) is 14.5. The Labute approximate surface area is 341 Å². The second-order valence-electron chi connectivity index (χ2n) is 14.7. The summed E-state index contributed by atoms with van der Waals surface area (Å²) in [6.07, 6.45) is 2.06. The van der Waals surface area contributed by atoms with E-state index < -0.39 is 0 Å². The molecule has 0 aliphatic carbocycles. The Morgan fingerprint density at radius 1 is 0.322 bits per heavy atom. The molecule has 0 aliphatic rings. The lowest BCUT2D eigenvalue weighted by Crippen LogP contribution is -1.96. The lowest BCUT2D eigenvalue weighted by Gasteiger charge is -2.12. The maximum atomic E-state index is 5.20. The van der Waals surface area contributed by atoms with Crippen molar-refractivity contribution in [1.82, 2.24) is 24.3 Å². The zero-order chi connectivity index (χ0) is 39.1. The first-order chi connectivity index (χ1) is 29.2. The molecule has 7 aromatic carbocycles. The van der Waals surface area contributed by atoms with Gasteiger partial charge in [-0.2, -0.15) is 0 Å². The van der Waals surface area contributed by atoms with Crippen LogP contribution in [0.2, 0.25) is 0 Å². The molecule has 0 N–H and O–H groups in total. The van der Waals surface area contributed by atoms with Gasteiger partial charge in [-0.25, -0.2) is 19.9 Å². The third-order valence-electron chi connectivity index (χ3n) is 11.1. The first-order valence-electron chi connectivity index (χ1n) is 19.8. The van der Waals surface area contributed by atoms with Gasteiger partial charge in [0.2, 0.25) is 0 Å². The second-order valence-corrected chi connectivity index (χ2v) is 14.7. The van der Waals surface area contributed by atoms with Gasteiger partial charge < -0.3 is 0 Å². The summed E-state index contributed by atoms with van der Waals surface area (Å²) in [5.74, 6) is 0.681. The van der Waals surface area contributed by atoms with E-state index in [1.54, 1.807) is 0 Å². The van der Waals surface area contributed by atoms with Crippen LogP contribution in [-0.4, -0.2) is 24.3 Å². The molecule has 0 fully saturated rings. The molecule has 0 bridgehead atoms. The average Bonchev–Trinajstić information content (AvgIpc) is 3.72. The molecule has 4 heterocycles. The van der Waals surface area contributed by atoms with Gasteiger partial charge in [-0.05, 0) is 63.7 Å². The highest BCUT2D eigenvalue weighted by atomic mass is 15.0. The van der Waals surface area contributed by atoms with Crippen molar-refractivity contribution in [2.24, 2.45) is 0 Å². The Kier molecular flexibility index (Phi) is 8.41. The maximum Gasteiger partial charge on any atom is 0.160 e. The van der Waals surface area contributed by atoms with E-state index in [2.05, 4.69) is 174 Å². The van der Waals surface area contributed by atoms with Crippen LogP contribution in [0.3, 0.4) is 0 Å². The van der Waals surface area contributed by atoms with Crippen LogP contribution in [0.5, 0.6) is 0 Å². The fraction of sp³-hybridized carbons (Fsp3) is 0. The number of nitrogens with zero attached hydrogens (tertiary/aromatic N) is 5. The molecule has 0 saturated carbocycles. The summed E-state index contributed by atoms with van der Waals surface area (Å²) in [6.45, 7) is 0. The SMILES string of the molecule is c1ccc(-c2ccc(-c3cc(-c4cccc(-c5ccc(-c6nc7ccccc7c7nc8ccccn8c67)cc5)c4)nc(-c4ccc(-c5ccccc5)cc4)n3)cc2)cc1. The molecule has 4 aromatic heterocycles. The van der Waals surface area contributed by atoms with Crippen molar-refractivity contribution in [3.63, 3.8) is 0 Å². The molecule has 0 aliphatic heterocycles. The number of para-hydroxylation sites is 1. The third kappa shape index (κ3) is 6.41. The number of hydrogen-bond donors (Lipinski definition) is 0. The van der Waals surface area contributed by atoms with Crippen molar-refractivity contribution in [2.45, 2.75) is 0 Å². The number of hydrogen-bond acceptors (Lipinski definition) is 4. The number of benzene rings is 7. The highest BCUT2D eigenvalue weighted by molar-refractivity contribution is 6.09. The minimum Gasteiger partial charge on any atom is -0.298 e. The Morgan fingerprint density at radius 2 is 0.831 bits per heavy atom. The van der Waals surface area contributed by atoms with Crippen molar-refractivity contribution in [2.75, 3.05) is 0 Å². The third-order valence-corrected chi connectivity index (χ3v) is 11.1. The van der Waals surface area contributed by atoms with E-state index in [1.165, 1.54) is 16.7 Å². The number of fused-ring (bicyclic) bond motifs is 5. The highest BCUT2D eigenvalue weighted by Crippen LogP contribution is 2.36. The van der Waals surface area contributed by atoms with Crippen LogP contribution in [0.25, 0.3) is 106 Å². The first kappa shape index (κ1) is 34.2. The molecule has 276 valence electrons. The molecule has 0 unspecified atom stereocenters. The standard InChI is InChI=1S/C54H35N5/c1-3-12-36(13-4-1)38-21-27-41(28-22-38)48-35-49(57-54(56-48)43-31-25-39(26-32-43)37-14-5-2-6-15-37)45-17-11-16-44(34-45)40-23-29-42(30-24-40)51-53-52(46-18-7-8-19-47(46)55-51)58-50-20-9-10-33-59(50)53/h1-35H. The van der Waals surface area contributed by atoms with Gasteiger partial charge in [0.25, 0.3) is 0 Å². The topological polar surface area (TPSA) is 56.0 Å². The predicted octanol–water partition coefficient (Wildman–Crippen LogP) is 13.5. The fourth-order valence-corrected chi connectivity index (χ4v) is 8.01. The van der Waals surface area contributed by atoms with Gasteiger partial charge in [-0.1, -0.05) is 176 Å². The van der Waals surface area contributed by atoms with Crippen molar-refractivity contribution < 1.29 is 0 Å². The van der Waals surface area contributed by atoms with E-state index >= 15 is 0 Å². The molecule has 59 heavy (non-hydrogen) atoms. The summed E-state index contributed by atoms with van der Waals surface area (Å²) in [7, 11) is 0. The van der Waals surface area contributed by atoms with Crippen LogP contribution in [0.1, 0.15) is 0 Å². The quantitative estimate of drug-likeness (QED) is 0.163. The molecule has 5 nitrogen and oxygen atoms in total. The normalized spacial score (nSPS) is 11.4. The molecule has 11 rings (SSSR count). The molecule has 0 saturated heterocycles. The van der Waals surface area contributed by atoms with Crippen LogP contribution in [-0.2, 0) is 0 Å². The molecule has 0 atom stereocenters. The zero-order valence-corrected chi connectivity index (χ0v) is 31.9.